The summed E-state index contributed by atoms with van der Waals surface area (Å²) < 4.78 is 10.6. The average molecular weight is 313 g/mol. The molecule has 0 atom stereocenters. The van der Waals surface area contributed by atoms with Gasteiger partial charge in [-0.1, -0.05) is 11.6 Å². The standard InChI is InChI=1S/C15H21ClN2O3/c1-20-9-10-21-14-4-3-12(16)11-13(14)15(19)18-7-2-5-17-6-8-18/h3-4,11,17H,2,5-10H2,1H3. The molecule has 0 radical (unpaired) electrons. The summed E-state index contributed by atoms with van der Waals surface area (Å²) in [5, 5.41) is 3.82. The highest BCUT2D eigenvalue weighted by atomic mass is 35.5. The van der Waals surface area contributed by atoms with Gasteiger partial charge in [0.1, 0.15) is 12.4 Å². The molecule has 1 aliphatic heterocycles. The first kappa shape index (κ1) is 16.1. The van der Waals surface area contributed by atoms with Crippen molar-refractivity contribution in [1.82, 2.24) is 10.2 Å². The Morgan fingerprint density at radius 3 is 3.00 bits per heavy atom. The summed E-state index contributed by atoms with van der Waals surface area (Å²) in [5.74, 6) is 0.521. The van der Waals surface area contributed by atoms with Crippen LogP contribution in [0.5, 0.6) is 5.75 Å². The van der Waals surface area contributed by atoms with Crippen molar-refractivity contribution in [2.24, 2.45) is 0 Å². The number of carbonyl (C=O) groups excluding carboxylic acids is 1. The lowest BCUT2D eigenvalue weighted by Crippen LogP contribution is -2.34. The van der Waals surface area contributed by atoms with Crippen molar-refractivity contribution < 1.29 is 14.3 Å². The molecule has 1 amide bonds. The monoisotopic (exact) mass is 312 g/mol. The Labute approximate surface area is 130 Å². The third-order valence-electron chi connectivity index (χ3n) is 3.34. The molecule has 1 fully saturated rings. The Morgan fingerprint density at radius 1 is 1.33 bits per heavy atom. The molecule has 1 N–H and O–H groups in total. The second-order valence-corrected chi connectivity index (χ2v) is 5.31. The van der Waals surface area contributed by atoms with E-state index < -0.39 is 0 Å². The largest absolute Gasteiger partial charge is 0.490 e. The highest BCUT2D eigenvalue weighted by Gasteiger charge is 2.21. The molecular weight excluding hydrogens is 292 g/mol. The lowest BCUT2D eigenvalue weighted by Gasteiger charge is -2.21. The quantitative estimate of drug-likeness (QED) is 0.842. The number of hydrogen-bond donors (Lipinski definition) is 1. The van der Waals surface area contributed by atoms with Crippen LogP contribution in [0.4, 0.5) is 0 Å². The first-order valence-electron chi connectivity index (χ1n) is 7.13. The molecule has 21 heavy (non-hydrogen) atoms. The smallest absolute Gasteiger partial charge is 0.257 e. The van der Waals surface area contributed by atoms with Crippen molar-refractivity contribution in [1.29, 1.82) is 0 Å². The van der Waals surface area contributed by atoms with Gasteiger partial charge in [-0.15, -0.1) is 0 Å². The predicted molar refractivity (Wildman–Crippen MR) is 82.2 cm³/mol. The van der Waals surface area contributed by atoms with Gasteiger partial charge in [0, 0.05) is 31.8 Å². The normalized spacial score (nSPS) is 15.6. The molecule has 5 nitrogen and oxygen atoms in total. The van der Waals surface area contributed by atoms with Crippen molar-refractivity contribution in [2.45, 2.75) is 6.42 Å². The molecule has 2 rings (SSSR count). The van der Waals surface area contributed by atoms with E-state index in [9.17, 15) is 4.79 Å². The molecule has 1 aliphatic rings. The topological polar surface area (TPSA) is 50.8 Å². The van der Waals surface area contributed by atoms with Gasteiger partial charge in [-0.25, -0.2) is 0 Å². The number of nitrogens with one attached hydrogen (secondary N) is 1. The third kappa shape index (κ3) is 4.59. The molecule has 0 aromatic heterocycles. The summed E-state index contributed by atoms with van der Waals surface area (Å²) in [5.41, 5.74) is 0.514. The summed E-state index contributed by atoms with van der Waals surface area (Å²) in [6, 6.07) is 5.14. The van der Waals surface area contributed by atoms with Gasteiger partial charge in [0.25, 0.3) is 5.91 Å². The Hall–Kier alpha value is -1.30. The highest BCUT2D eigenvalue weighted by molar-refractivity contribution is 6.31. The average Bonchev–Trinajstić information content (AvgIpc) is 2.77. The van der Waals surface area contributed by atoms with Crippen LogP contribution in [-0.4, -0.2) is 57.3 Å². The highest BCUT2D eigenvalue weighted by Crippen LogP contribution is 2.24. The van der Waals surface area contributed by atoms with E-state index in [2.05, 4.69) is 5.32 Å². The summed E-state index contributed by atoms with van der Waals surface area (Å²) in [6.07, 6.45) is 0.951. The first-order valence-corrected chi connectivity index (χ1v) is 7.51. The van der Waals surface area contributed by atoms with E-state index in [4.69, 9.17) is 21.1 Å². The lowest BCUT2D eigenvalue weighted by molar-refractivity contribution is 0.0759. The molecule has 1 aromatic rings. The summed E-state index contributed by atoms with van der Waals surface area (Å²) in [7, 11) is 1.61. The molecule has 1 heterocycles. The van der Waals surface area contributed by atoms with Crippen LogP contribution in [0.25, 0.3) is 0 Å². The Morgan fingerprint density at radius 2 is 2.19 bits per heavy atom. The predicted octanol–water partition coefficient (Wildman–Crippen LogP) is 1.80. The Bertz CT molecular complexity index is 474. The van der Waals surface area contributed by atoms with E-state index in [1.807, 2.05) is 4.90 Å². The maximum absolute atomic E-state index is 12.7. The minimum Gasteiger partial charge on any atom is -0.490 e. The van der Waals surface area contributed by atoms with Crippen LogP contribution in [0.3, 0.4) is 0 Å². The van der Waals surface area contributed by atoms with Crippen LogP contribution >= 0.6 is 11.6 Å². The minimum atomic E-state index is -0.0337. The fourth-order valence-electron chi connectivity index (χ4n) is 2.25. The van der Waals surface area contributed by atoms with Gasteiger partial charge in [0.15, 0.2) is 0 Å². The van der Waals surface area contributed by atoms with Gasteiger partial charge >= 0.3 is 0 Å². The van der Waals surface area contributed by atoms with Crippen molar-refractivity contribution >= 4 is 17.5 Å². The van der Waals surface area contributed by atoms with E-state index in [-0.39, 0.29) is 5.91 Å². The van der Waals surface area contributed by atoms with E-state index in [1.54, 1.807) is 25.3 Å². The van der Waals surface area contributed by atoms with Crippen LogP contribution in [0.15, 0.2) is 18.2 Å². The van der Waals surface area contributed by atoms with Gasteiger partial charge in [-0.05, 0) is 31.2 Å². The first-order chi connectivity index (χ1) is 10.2. The number of rotatable bonds is 5. The Kier molecular flexibility index (Phi) is 6.29. The van der Waals surface area contributed by atoms with Crippen molar-refractivity contribution in [3.63, 3.8) is 0 Å². The number of hydrogen-bond acceptors (Lipinski definition) is 4. The number of halogens is 1. The third-order valence-corrected chi connectivity index (χ3v) is 3.58. The van der Waals surface area contributed by atoms with Crippen LogP contribution in [0.1, 0.15) is 16.8 Å². The molecule has 0 aliphatic carbocycles. The van der Waals surface area contributed by atoms with Gasteiger partial charge in [0.05, 0.1) is 12.2 Å². The zero-order chi connectivity index (χ0) is 15.1. The zero-order valence-electron chi connectivity index (χ0n) is 12.2. The molecule has 0 saturated carbocycles. The van der Waals surface area contributed by atoms with E-state index in [1.165, 1.54) is 0 Å². The van der Waals surface area contributed by atoms with Gasteiger partial charge in [0.2, 0.25) is 0 Å². The number of ether oxygens (including phenoxy) is 2. The fourth-order valence-corrected chi connectivity index (χ4v) is 2.42. The van der Waals surface area contributed by atoms with E-state index in [0.717, 1.165) is 26.1 Å². The maximum atomic E-state index is 12.7. The van der Waals surface area contributed by atoms with Crippen molar-refractivity contribution in [2.75, 3.05) is 46.5 Å². The number of carbonyl (C=O) groups is 1. The van der Waals surface area contributed by atoms with Crippen LogP contribution in [0.2, 0.25) is 5.02 Å². The fraction of sp³-hybridized carbons (Fsp3) is 0.533. The molecule has 1 saturated heterocycles. The zero-order valence-corrected chi connectivity index (χ0v) is 13.0. The summed E-state index contributed by atoms with van der Waals surface area (Å²) >= 11 is 6.03. The van der Waals surface area contributed by atoms with Crippen molar-refractivity contribution in [3.05, 3.63) is 28.8 Å². The SMILES string of the molecule is COCCOc1ccc(Cl)cc1C(=O)N1CCCNCC1. The number of methoxy groups -OCH3 is 1. The van der Waals surface area contributed by atoms with Crippen LogP contribution in [-0.2, 0) is 4.74 Å². The molecule has 1 aromatic carbocycles. The second-order valence-electron chi connectivity index (χ2n) is 4.88. The van der Waals surface area contributed by atoms with E-state index in [0.29, 0.717) is 36.1 Å². The van der Waals surface area contributed by atoms with Crippen LogP contribution in [0, 0.1) is 0 Å². The molecule has 116 valence electrons. The lowest BCUT2D eigenvalue weighted by atomic mass is 10.1. The van der Waals surface area contributed by atoms with Crippen molar-refractivity contribution in [3.8, 4) is 5.75 Å². The van der Waals surface area contributed by atoms with Gasteiger partial charge in [-0.3, -0.25) is 4.79 Å². The molecule has 0 bridgehead atoms. The molecule has 6 heteroatoms. The number of nitrogens with zero attached hydrogens (tertiary/aromatic N) is 1. The number of benzene rings is 1. The van der Waals surface area contributed by atoms with Crippen LogP contribution < -0.4 is 10.1 Å². The minimum absolute atomic E-state index is 0.0337. The van der Waals surface area contributed by atoms with Gasteiger partial charge in [-0.2, -0.15) is 0 Å². The molecule has 0 unspecified atom stereocenters. The Balaban J connectivity index is 2.15. The maximum Gasteiger partial charge on any atom is 0.257 e. The summed E-state index contributed by atoms with van der Waals surface area (Å²) in [6.45, 7) is 4.07. The molecule has 0 spiro atoms. The second kappa shape index (κ2) is 8.22. The summed E-state index contributed by atoms with van der Waals surface area (Å²) in [4.78, 5) is 14.5. The van der Waals surface area contributed by atoms with E-state index >= 15 is 0 Å². The molecular formula is C15H21ClN2O3. The number of amides is 1. The van der Waals surface area contributed by atoms with Gasteiger partial charge < -0.3 is 19.7 Å².